The predicted molar refractivity (Wildman–Crippen MR) is 82.1 cm³/mol. The van der Waals surface area contributed by atoms with Crippen molar-refractivity contribution in [1.29, 1.82) is 0 Å². The maximum Gasteiger partial charge on any atom is 0.150 e. The van der Waals surface area contributed by atoms with Crippen molar-refractivity contribution in [2.75, 3.05) is 0 Å². The molecule has 0 atom stereocenters. The second-order valence-corrected chi connectivity index (χ2v) is 6.04. The molecule has 106 valence electrons. The highest BCUT2D eigenvalue weighted by atomic mass is 16.5. The molecule has 0 aliphatic heterocycles. The summed E-state index contributed by atoms with van der Waals surface area (Å²) in [6, 6.07) is 8.19. The highest BCUT2D eigenvalue weighted by Crippen LogP contribution is 2.35. The molecule has 1 aromatic carbocycles. The second-order valence-electron chi connectivity index (χ2n) is 6.04. The van der Waals surface area contributed by atoms with Crippen LogP contribution in [0.3, 0.4) is 0 Å². The van der Waals surface area contributed by atoms with Crippen LogP contribution in [0.25, 0.3) is 0 Å². The van der Waals surface area contributed by atoms with Crippen LogP contribution in [0.2, 0.25) is 0 Å². The van der Waals surface area contributed by atoms with Crippen molar-refractivity contribution in [2.45, 2.75) is 39.7 Å². The lowest BCUT2D eigenvalue weighted by molar-refractivity contribution is 0.448. The Balaban J connectivity index is 2.45. The molecule has 2 rings (SSSR count). The maximum atomic E-state index is 6.10. The Morgan fingerprint density at radius 2 is 1.90 bits per heavy atom. The number of rotatable bonds is 3. The van der Waals surface area contributed by atoms with Gasteiger partial charge in [-0.15, -0.1) is 0 Å². The van der Waals surface area contributed by atoms with Crippen molar-refractivity contribution in [1.82, 2.24) is 4.98 Å². The highest BCUT2D eigenvalue weighted by molar-refractivity contribution is 5.45. The zero-order valence-corrected chi connectivity index (χ0v) is 12.6. The molecule has 2 aromatic rings. The maximum absolute atomic E-state index is 6.10. The van der Waals surface area contributed by atoms with E-state index in [1.807, 2.05) is 6.07 Å². The lowest BCUT2D eigenvalue weighted by Gasteiger charge is -2.23. The number of benzene rings is 1. The van der Waals surface area contributed by atoms with Crippen LogP contribution in [0.5, 0.6) is 11.5 Å². The summed E-state index contributed by atoms with van der Waals surface area (Å²) in [5, 5.41) is 0. The molecule has 0 aliphatic carbocycles. The van der Waals surface area contributed by atoms with E-state index in [1.165, 1.54) is 11.1 Å². The molecule has 1 aromatic heterocycles. The Kier molecular flexibility index (Phi) is 4.09. The van der Waals surface area contributed by atoms with Gasteiger partial charge in [-0.1, -0.05) is 32.9 Å². The van der Waals surface area contributed by atoms with Gasteiger partial charge in [0.2, 0.25) is 0 Å². The molecule has 0 unspecified atom stereocenters. The van der Waals surface area contributed by atoms with Crippen molar-refractivity contribution in [3.63, 3.8) is 0 Å². The van der Waals surface area contributed by atoms with Gasteiger partial charge in [-0.05, 0) is 30.0 Å². The van der Waals surface area contributed by atoms with E-state index in [1.54, 1.807) is 12.4 Å². The topological polar surface area (TPSA) is 48.1 Å². The van der Waals surface area contributed by atoms with E-state index >= 15 is 0 Å². The zero-order valence-electron chi connectivity index (χ0n) is 12.6. The number of hydrogen-bond acceptors (Lipinski definition) is 3. The molecule has 1 heterocycles. The third-order valence-electron chi connectivity index (χ3n) is 3.26. The molecule has 0 fully saturated rings. The minimum atomic E-state index is 0.0219. The molecule has 3 nitrogen and oxygen atoms in total. The Bertz CT molecular complexity index is 600. The largest absolute Gasteiger partial charge is 0.455 e. The Labute approximate surface area is 120 Å². The van der Waals surface area contributed by atoms with Gasteiger partial charge in [-0.3, -0.25) is 4.98 Å². The number of aromatic nitrogens is 1. The summed E-state index contributed by atoms with van der Waals surface area (Å²) in [5.74, 6) is 1.60. The van der Waals surface area contributed by atoms with Gasteiger partial charge in [0.15, 0.2) is 0 Å². The minimum Gasteiger partial charge on any atom is -0.455 e. The first-order chi connectivity index (χ1) is 9.41. The van der Waals surface area contributed by atoms with Gasteiger partial charge in [-0.2, -0.15) is 0 Å². The average Bonchev–Trinajstić information content (AvgIpc) is 2.38. The second kappa shape index (κ2) is 5.63. The van der Waals surface area contributed by atoms with Crippen LogP contribution in [0.4, 0.5) is 0 Å². The molecule has 0 saturated carbocycles. The van der Waals surface area contributed by atoms with Gasteiger partial charge < -0.3 is 10.5 Å². The van der Waals surface area contributed by atoms with E-state index < -0.39 is 0 Å². The first kappa shape index (κ1) is 14.5. The molecule has 0 amide bonds. The van der Waals surface area contributed by atoms with Crippen LogP contribution >= 0.6 is 0 Å². The zero-order chi connectivity index (χ0) is 14.8. The van der Waals surface area contributed by atoms with Crippen LogP contribution in [0.15, 0.2) is 36.7 Å². The lowest BCUT2D eigenvalue weighted by atomic mass is 9.86. The normalized spacial score (nSPS) is 11.4. The molecule has 0 saturated heterocycles. The Morgan fingerprint density at radius 1 is 1.15 bits per heavy atom. The fourth-order valence-electron chi connectivity index (χ4n) is 2.12. The molecule has 3 heteroatoms. The summed E-state index contributed by atoms with van der Waals surface area (Å²) in [7, 11) is 0. The van der Waals surface area contributed by atoms with Gasteiger partial charge in [0.1, 0.15) is 11.5 Å². The third kappa shape index (κ3) is 3.17. The fourth-order valence-corrected chi connectivity index (χ4v) is 2.12. The molecule has 0 radical (unpaired) electrons. The monoisotopic (exact) mass is 270 g/mol. The van der Waals surface area contributed by atoms with E-state index in [0.29, 0.717) is 6.54 Å². The van der Waals surface area contributed by atoms with Gasteiger partial charge in [0, 0.05) is 23.9 Å². The van der Waals surface area contributed by atoms with E-state index in [2.05, 4.69) is 50.9 Å². The van der Waals surface area contributed by atoms with Crippen LogP contribution in [0.1, 0.15) is 37.5 Å². The Hall–Kier alpha value is -1.87. The summed E-state index contributed by atoms with van der Waals surface area (Å²) in [6.07, 6.45) is 3.45. The standard InChI is InChI=1S/C17H22N2O/c1-12-5-6-14(17(2,3)4)15(9-12)20-16-11-19-8-7-13(16)10-18/h5-9,11H,10,18H2,1-4H3. The quantitative estimate of drug-likeness (QED) is 0.919. The summed E-state index contributed by atoms with van der Waals surface area (Å²) >= 11 is 0. The van der Waals surface area contributed by atoms with Crippen molar-refractivity contribution in [3.05, 3.63) is 53.3 Å². The van der Waals surface area contributed by atoms with E-state index in [0.717, 1.165) is 17.1 Å². The smallest absolute Gasteiger partial charge is 0.150 e. The molecule has 20 heavy (non-hydrogen) atoms. The van der Waals surface area contributed by atoms with E-state index in [-0.39, 0.29) is 5.41 Å². The first-order valence-electron chi connectivity index (χ1n) is 6.84. The molecular formula is C17H22N2O. The predicted octanol–water partition coefficient (Wildman–Crippen LogP) is 3.94. The summed E-state index contributed by atoms with van der Waals surface area (Å²) in [4.78, 5) is 4.12. The number of nitrogens with two attached hydrogens (primary N) is 1. The molecule has 2 N–H and O–H groups in total. The van der Waals surface area contributed by atoms with E-state index in [9.17, 15) is 0 Å². The minimum absolute atomic E-state index is 0.0219. The van der Waals surface area contributed by atoms with E-state index in [4.69, 9.17) is 10.5 Å². The van der Waals surface area contributed by atoms with Crippen molar-refractivity contribution in [3.8, 4) is 11.5 Å². The van der Waals surface area contributed by atoms with Gasteiger partial charge in [0.05, 0.1) is 6.20 Å². The molecular weight excluding hydrogens is 248 g/mol. The first-order valence-corrected chi connectivity index (χ1v) is 6.84. The molecule has 0 bridgehead atoms. The van der Waals surface area contributed by atoms with Crippen LogP contribution in [0, 0.1) is 6.92 Å². The number of aryl methyl sites for hydroxylation is 1. The summed E-state index contributed by atoms with van der Waals surface area (Å²) in [6.45, 7) is 9.04. The Morgan fingerprint density at radius 3 is 2.55 bits per heavy atom. The van der Waals surface area contributed by atoms with Crippen molar-refractivity contribution >= 4 is 0 Å². The van der Waals surface area contributed by atoms with Gasteiger partial charge >= 0.3 is 0 Å². The lowest BCUT2D eigenvalue weighted by Crippen LogP contribution is -2.13. The van der Waals surface area contributed by atoms with Gasteiger partial charge in [-0.25, -0.2) is 0 Å². The third-order valence-corrected chi connectivity index (χ3v) is 3.26. The molecule has 0 spiro atoms. The average molecular weight is 270 g/mol. The highest BCUT2D eigenvalue weighted by Gasteiger charge is 2.20. The SMILES string of the molecule is Cc1ccc(C(C)(C)C)c(Oc2cnccc2CN)c1. The summed E-state index contributed by atoms with van der Waals surface area (Å²) in [5.41, 5.74) is 9.08. The van der Waals surface area contributed by atoms with Crippen LogP contribution in [-0.2, 0) is 12.0 Å². The number of nitrogens with zero attached hydrogens (tertiary/aromatic N) is 1. The van der Waals surface area contributed by atoms with Gasteiger partial charge in [0.25, 0.3) is 0 Å². The van der Waals surface area contributed by atoms with Crippen LogP contribution in [-0.4, -0.2) is 4.98 Å². The number of pyridine rings is 1. The van der Waals surface area contributed by atoms with Crippen molar-refractivity contribution in [2.24, 2.45) is 5.73 Å². The number of hydrogen-bond donors (Lipinski definition) is 1. The fraction of sp³-hybridized carbons (Fsp3) is 0.353. The summed E-state index contributed by atoms with van der Waals surface area (Å²) < 4.78 is 6.10. The number of ether oxygens (including phenoxy) is 1. The van der Waals surface area contributed by atoms with Crippen LogP contribution < -0.4 is 10.5 Å². The molecule has 0 aliphatic rings. The van der Waals surface area contributed by atoms with Crippen molar-refractivity contribution < 1.29 is 4.74 Å².